The van der Waals surface area contributed by atoms with Gasteiger partial charge in [0.2, 0.25) is 5.95 Å². The normalized spacial score (nSPS) is 14.3. The molecule has 1 aliphatic heterocycles. The number of aromatic nitrogens is 4. The quantitative estimate of drug-likeness (QED) is 0.393. The molecule has 0 bridgehead atoms. The molecule has 29 heavy (non-hydrogen) atoms. The van der Waals surface area contributed by atoms with Gasteiger partial charge < -0.3 is 19.4 Å². The molecule has 0 saturated carbocycles. The molecule has 2 aromatic heterocycles. The van der Waals surface area contributed by atoms with Crippen LogP contribution in [0, 0.1) is 13.8 Å². The number of aromatic amines is 1. The Morgan fingerprint density at radius 2 is 1.93 bits per heavy atom. The molecule has 3 rings (SSSR count). The first-order valence-corrected chi connectivity index (χ1v) is 10.7. The smallest absolute Gasteiger partial charge is 0.340 e. The average molecular weight is 422 g/mol. The largest absolute Gasteiger partial charge is 0.462 e. The minimum Gasteiger partial charge on any atom is -0.462 e. The molecule has 1 aliphatic rings. The van der Waals surface area contributed by atoms with Gasteiger partial charge in [0, 0.05) is 25.3 Å². The van der Waals surface area contributed by atoms with Crippen molar-refractivity contribution in [2.45, 2.75) is 39.4 Å². The number of anilines is 1. The molecule has 0 aliphatic carbocycles. The lowest BCUT2D eigenvalue weighted by Gasteiger charge is -2.27. The van der Waals surface area contributed by atoms with Gasteiger partial charge in [-0.05, 0) is 33.3 Å². The SMILES string of the molecule is CCOC(=O)c1c(C)[nH]c(C(=O)CSc2nnc(N3CCOCC3)n2CC)c1C. The van der Waals surface area contributed by atoms with E-state index in [1.54, 1.807) is 20.8 Å². The van der Waals surface area contributed by atoms with E-state index >= 15 is 0 Å². The second-order valence-corrected chi connectivity index (χ2v) is 7.63. The third-order valence-electron chi connectivity index (χ3n) is 4.84. The maximum Gasteiger partial charge on any atom is 0.340 e. The zero-order chi connectivity index (χ0) is 21.0. The van der Waals surface area contributed by atoms with Gasteiger partial charge in [-0.25, -0.2) is 4.79 Å². The van der Waals surface area contributed by atoms with Crippen LogP contribution in [-0.4, -0.2) is 70.2 Å². The number of aryl methyl sites for hydroxylation is 1. The van der Waals surface area contributed by atoms with Crippen molar-refractivity contribution in [2.24, 2.45) is 0 Å². The molecule has 1 fully saturated rings. The van der Waals surface area contributed by atoms with Crippen molar-refractivity contribution in [3.05, 3.63) is 22.5 Å². The van der Waals surface area contributed by atoms with Crippen LogP contribution in [0.3, 0.4) is 0 Å². The summed E-state index contributed by atoms with van der Waals surface area (Å²) in [5.74, 6) is 0.503. The first-order valence-electron chi connectivity index (χ1n) is 9.76. The highest BCUT2D eigenvalue weighted by Gasteiger charge is 2.24. The fraction of sp³-hybridized carbons (Fsp3) is 0.579. The number of carbonyl (C=O) groups excluding carboxylic acids is 2. The van der Waals surface area contributed by atoms with Crippen LogP contribution >= 0.6 is 11.8 Å². The van der Waals surface area contributed by atoms with Crippen molar-refractivity contribution in [1.82, 2.24) is 19.7 Å². The summed E-state index contributed by atoms with van der Waals surface area (Å²) in [5, 5.41) is 9.31. The minimum atomic E-state index is -0.411. The standard InChI is InChI=1S/C19H27N5O4S/c1-5-24-18(23-7-9-27-10-8-23)21-22-19(24)29-11-14(25)16-12(3)15(13(4)20-16)17(26)28-6-2/h20H,5-11H2,1-4H3. The number of nitrogens with zero attached hydrogens (tertiary/aromatic N) is 4. The van der Waals surface area contributed by atoms with E-state index in [2.05, 4.69) is 20.1 Å². The Labute approximate surface area is 174 Å². The van der Waals surface area contributed by atoms with Crippen molar-refractivity contribution in [3.63, 3.8) is 0 Å². The van der Waals surface area contributed by atoms with Crippen LogP contribution in [0.2, 0.25) is 0 Å². The van der Waals surface area contributed by atoms with Gasteiger partial charge in [0.25, 0.3) is 0 Å². The van der Waals surface area contributed by atoms with Crippen molar-refractivity contribution in [1.29, 1.82) is 0 Å². The molecular weight excluding hydrogens is 394 g/mol. The van der Waals surface area contributed by atoms with Crippen molar-refractivity contribution >= 4 is 29.5 Å². The van der Waals surface area contributed by atoms with Gasteiger partial charge in [-0.1, -0.05) is 11.8 Å². The van der Waals surface area contributed by atoms with Crippen LogP contribution in [0.4, 0.5) is 5.95 Å². The number of morpholine rings is 1. The molecule has 9 nitrogen and oxygen atoms in total. The summed E-state index contributed by atoms with van der Waals surface area (Å²) < 4.78 is 12.5. The van der Waals surface area contributed by atoms with Crippen LogP contribution in [-0.2, 0) is 16.0 Å². The van der Waals surface area contributed by atoms with E-state index < -0.39 is 5.97 Å². The Hall–Kier alpha value is -2.33. The highest BCUT2D eigenvalue weighted by atomic mass is 32.2. The number of hydrogen-bond acceptors (Lipinski definition) is 8. The predicted molar refractivity (Wildman–Crippen MR) is 110 cm³/mol. The number of hydrogen-bond donors (Lipinski definition) is 1. The first-order chi connectivity index (χ1) is 14.0. The van der Waals surface area contributed by atoms with Gasteiger partial charge >= 0.3 is 5.97 Å². The summed E-state index contributed by atoms with van der Waals surface area (Å²) in [5.41, 5.74) is 2.14. The highest BCUT2D eigenvalue weighted by Crippen LogP contribution is 2.25. The average Bonchev–Trinajstić information content (AvgIpc) is 3.27. The Balaban J connectivity index is 1.72. The summed E-state index contributed by atoms with van der Waals surface area (Å²) in [6, 6.07) is 0. The lowest BCUT2D eigenvalue weighted by atomic mass is 10.1. The highest BCUT2D eigenvalue weighted by molar-refractivity contribution is 7.99. The molecule has 1 N–H and O–H groups in total. The fourth-order valence-electron chi connectivity index (χ4n) is 3.40. The maximum atomic E-state index is 12.8. The number of carbonyl (C=O) groups is 2. The van der Waals surface area contributed by atoms with E-state index in [1.165, 1.54) is 11.8 Å². The second kappa shape index (κ2) is 9.45. The zero-order valence-electron chi connectivity index (χ0n) is 17.3. The topological polar surface area (TPSA) is 102 Å². The molecule has 0 unspecified atom stereocenters. The van der Waals surface area contributed by atoms with Crippen LogP contribution in [0.1, 0.15) is 46.0 Å². The summed E-state index contributed by atoms with van der Waals surface area (Å²) in [4.78, 5) is 30.1. The molecule has 0 spiro atoms. The fourth-order valence-corrected chi connectivity index (χ4v) is 4.27. The number of nitrogens with one attached hydrogen (secondary N) is 1. The van der Waals surface area contributed by atoms with Crippen LogP contribution in [0.25, 0.3) is 0 Å². The van der Waals surface area contributed by atoms with Crippen molar-refractivity contribution in [2.75, 3.05) is 43.6 Å². The number of rotatable bonds is 8. The lowest BCUT2D eigenvalue weighted by molar-refractivity contribution is 0.0525. The van der Waals surface area contributed by atoms with Crippen LogP contribution < -0.4 is 4.90 Å². The number of esters is 1. The van der Waals surface area contributed by atoms with Gasteiger partial charge in [0.15, 0.2) is 10.9 Å². The molecule has 0 atom stereocenters. The van der Waals surface area contributed by atoms with E-state index in [1.807, 2.05) is 11.5 Å². The van der Waals surface area contributed by atoms with Gasteiger partial charge in [-0.2, -0.15) is 0 Å². The van der Waals surface area contributed by atoms with Crippen molar-refractivity contribution < 1.29 is 19.1 Å². The Morgan fingerprint density at radius 1 is 1.21 bits per heavy atom. The van der Waals surface area contributed by atoms with E-state index in [0.29, 0.717) is 54.0 Å². The molecular formula is C19H27N5O4S. The van der Waals surface area contributed by atoms with Crippen LogP contribution in [0.15, 0.2) is 5.16 Å². The van der Waals surface area contributed by atoms with Crippen molar-refractivity contribution in [3.8, 4) is 0 Å². The molecule has 0 aromatic carbocycles. The second-order valence-electron chi connectivity index (χ2n) is 6.68. The predicted octanol–water partition coefficient (Wildman–Crippen LogP) is 2.23. The first kappa shape index (κ1) is 21.4. The molecule has 10 heteroatoms. The van der Waals surface area contributed by atoms with Gasteiger partial charge in [-0.15, -0.1) is 10.2 Å². The molecule has 3 heterocycles. The van der Waals surface area contributed by atoms with Gasteiger partial charge in [-0.3, -0.25) is 9.36 Å². The minimum absolute atomic E-state index is 0.0928. The van der Waals surface area contributed by atoms with Gasteiger partial charge in [0.05, 0.1) is 36.8 Å². The monoisotopic (exact) mass is 421 g/mol. The lowest BCUT2D eigenvalue weighted by Crippen LogP contribution is -2.38. The molecule has 0 radical (unpaired) electrons. The van der Waals surface area contributed by atoms with E-state index in [9.17, 15) is 9.59 Å². The summed E-state index contributed by atoms with van der Waals surface area (Å²) in [6.07, 6.45) is 0. The molecule has 158 valence electrons. The number of Topliss-reactive ketones (excluding diaryl/α,β-unsaturated/α-hetero) is 1. The third kappa shape index (κ3) is 4.48. The maximum absolute atomic E-state index is 12.8. The summed E-state index contributed by atoms with van der Waals surface area (Å²) in [6.45, 7) is 11.2. The molecule has 2 aromatic rings. The number of ketones is 1. The van der Waals surface area contributed by atoms with E-state index in [-0.39, 0.29) is 11.5 Å². The Morgan fingerprint density at radius 3 is 2.59 bits per heavy atom. The van der Waals surface area contributed by atoms with Gasteiger partial charge in [0.1, 0.15) is 0 Å². The zero-order valence-corrected chi connectivity index (χ0v) is 18.1. The van der Waals surface area contributed by atoms with E-state index in [4.69, 9.17) is 9.47 Å². The summed E-state index contributed by atoms with van der Waals surface area (Å²) in [7, 11) is 0. The number of ether oxygens (including phenoxy) is 2. The molecule has 0 amide bonds. The Bertz CT molecular complexity index is 886. The van der Waals surface area contributed by atoms with Crippen LogP contribution in [0.5, 0.6) is 0 Å². The summed E-state index contributed by atoms with van der Waals surface area (Å²) >= 11 is 1.35. The Kier molecular flexibility index (Phi) is 6.96. The van der Waals surface area contributed by atoms with E-state index in [0.717, 1.165) is 19.0 Å². The number of thioether (sulfide) groups is 1. The third-order valence-corrected chi connectivity index (χ3v) is 5.80. The molecule has 1 saturated heterocycles. The number of H-pyrrole nitrogens is 1.